The Balaban J connectivity index is 3.20. The first kappa shape index (κ1) is 13.3. The molecule has 0 saturated carbocycles. The zero-order chi connectivity index (χ0) is 13.1. The van der Waals surface area contributed by atoms with E-state index in [2.05, 4.69) is 4.74 Å². The van der Waals surface area contributed by atoms with Crippen molar-refractivity contribution in [3.8, 4) is 5.75 Å². The van der Waals surface area contributed by atoms with E-state index in [9.17, 15) is 18.0 Å². The molecule has 0 bridgehead atoms. The van der Waals surface area contributed by atoms with Crippen LogP contribution in [0.5, 0.6) is 5.75 Å². The molecule has 1 aromatic rings. The summed E-state index contributed by atoms with van der Waals surface area (Å²) in [5.41, 5.74) is -1.15. The van der Waals surface area contributed by atoms with Crippen LogP contribution in [0.4, 0.5) is 13.2 Å². The van der Waals surface area contributed by atoms with E-state index in [0.29, 0.717) is 0 Å². The van der Waals surface area contributed by atoms with E-state index in [1.807, 2.05) is 0 Å². The van der Waals surface area contributed by atoms with E-state index in [4.69, 9.17) is 4.74 Å². The van der Waals surface area contributed by atoms with Crippen molar-refractivity contribution in [1.82, 2.24) is 0 Å². The maximum atomic E-state index is 12.5. The van der Waals surface area contributed by atoms with Crippen molar-refractivity contribution in [2.75, 3.05) is 13.7 Å². The largest absolute Gasteiger partial charge is 0.496 e. The van der Waals surface area contributed by atoms with Crippen molar-refractivity contribution in [3.63, 3.8) is 0 Å². The third-order valence-electron chi connectivity index (χ3n) is 2.02. The molecule has 0 N–H and O–H groups in total. The molecule has 0 unspecified atom stereocenters. The summed E-state index contributed by atoms with van der Waals surface area (Å²) in [6.07, 6.45) is -4.51. The summed E-state index contributed by atoms with van der Waals surface area (Å²) in [4.78, 5) is 11.4. The highest BCUT2D eigenvalue weighted by atomic mass is 19.4. The quantitative estimate of drug-likeness (QED) is 0.771. The Hall–Kier alpha value is -1.72. The van der Waals surface area contributed by atoms with Gasteiger partial charge in [0.15, 0.2) is 0 Å². The van der Waals surface area contributed by atoms with E-state index in [1.54, 1.807) is 6.92 Å². The van der Waals surface area contributed by atoms with Gasteiger partial charge in [-0.1, -0.05) is 0 Å². The lowest BCUT2D eigenvalue weighted by atomic mass is 10.1. The molecule has 1 rings (SSSR count). The van der Waals surface area contributed by atoms with Crippen LogP contribution in [-0.2, 0) is 10.9 Å². The van der Waals surface area contributed by atoms with Gasteiger partial charge in [-0.2, -0.15) is 13.2 Å². The maximum absolute atomic E-state index is 12.5. The Morgan fingerprint density at radius 2 is 2.00 bits per heavy atom. The van der Waals surface area contributed by atoms with Crippen LogP contribution in [0, 0.1) is 0 Å². The molecule has 0 aliphatic heterocycles. The summed E-state index contributed by atoms with van der Waals surface area (Å²) >= 11 is 0. The van der Waals surface area contributed by atoms with Crippen LogP contribution in [0.3, 0.4) is 0 Å². The first-order valence-corrected chi connectivity index (χ1v) is 4.82. The average Bonchev–Trinajstić information content (AvgIpc) is 2.27. The van der Waals surface area contributed by atoms with Crippen molar-refractivity contribution in [3.05, 3.63) is 29.3 Å². The van der Waals surface area contributed by atoms with Crippen LogP contribution < -0.4 is 4.74 Å². The zero-order valence-corrected chi connectivity index (χ0v) is 9.30. The van der Waals surface area contributed by atoms with Crippen LogP contribution >= 0.6 is 0 Å². The first-order valence-electron chi connectivity index (χ1n) is 4.82. The van der Waals surface area contributed by atoms with Crippen molar-refractivity contribution in [2.24, 2.45) is 0 Å². The number of alkyl halides is 3. The van der Waals surface area contributed by atoms with Gasteiger partial charge in [-0.3, -0.25) is 0 Å². The number of esters is 1. The Labute approximate surface area is 96.1 Å². The molecule has 0 radical (unpaired) electrons. The van der Waals surface area contributed by atoms with E-state index >= 15 is 0 Å². The fourth-order valence-electron chi connectivity index (χ4n) is 1.25. The molecule has 0 fully saturated rings. The van der Waals surface area contributed by atoms with Gasteiger partial charge < -0.3 is 9.47 Å². The molecule has 0 aromatic heterocycles. The number of methoxy groups -OCH3 is 1. The molecule has 94 valence electrons. The summed E-state index contributed by atoms with van der Waals surface area (Å²) in [7, 11) is 1.27. The summed E-state index contributed by atoms with van der Waals surface area (Å²) in [5.74, 6) is -0.785. The Morgan fingerprint density at radius 3 is 2.47 bits per heavy atom. The van der Waals surface area contributed by atoms with Crippen LogP contribution in [0.1, 0.15) is 22.8 Å². The van der Waals surface area contributed by atoms with Gasteiger partial charge in [-0.25, -0.2) is 4.79 Å². The molecule has 0 aliphatic rings. The Kier molecular flexibility index (Phi) is 3.98. The van der Waals surface area contributed by atoms with Crippen LogP contribution in [-0.4, -0.2) is 19.7 Å². The predicted molar refractivity (Wildman–Crippen MR) is 54.0 cm³/mol. The van der Waals surface area contributed by atoms with E-state index in [-0.39, 0.29) is 17.9 Å². The van der Waals surface area contributed by atoms with Crippen molar-refractivity contribution in [2.45, 2.75) is 13.1 Å². The van der Waals surface area contributed by atoms with E-state index < -0.39 is 17.7 Å². The zero-order valence-electron chi connectivity index (χ0n) is 9.30. The third kappa shape index (κ3) is 3.12. The molecular formula is C11H11F3O3. The minimum absolute atomic E-state index is 0.0523. The minimum Gasteiger partial charge on any atom is -0.496 e. The number of benzene rings is 1. The molecule has 6 heteroatoms. The SMILES string of the molecule is CCOC(=O)c1cc(C(F)(F)F)ccc1OC. The number of carbonyl (C=O) groups is 1. The molecule has 0 aliphatic carbocycles. The summed E-state index contributed by atoms with van der Waals surface area (Å²) in [5, 5.41) is 0. The maximum Gasteiger partial charge on any atom is 0.416 e. The van der Waals surface area contributed by atoms with Gasteiger partial charge in [0.25, 0.3) is 0 Å². The highest BCUT2D eigenvalue weighted by molar-refractivity contribution is 5.92. The van der Waals surface area contributed by atoms with E-state index in [1.165, 1.54) is 7.11 Å². The average molecular weight is 248 g/mol. The molecule has 3 nitrogen and oxygen atoms in total. The molecule has 0 saturated heterocycles. The van der Waals surface area contributed by atoms with Crippen molar-refractivity contribution < 1.29 is 27.4 Å². The Morgan fingerprint density at radius 1 is 1.35 bits per heavy atom. The van der Waals surface area contributed by atoms with Crippen molar-refractivity contribution in [1.29, 1.82) is 0 Å². The smallest absolute Gasteiger partial charge is 0.416 e. The molecule has 0 heterocycles. The number of hydrogen-bond donors (Lipinski definition) is 0. The molecule has 0 atom stereocenters. The molecule has 17 heavy (non-hydrogen) atoms. The third-order valence-corrected chi connectivity index (χ3v) is 2.02. The second-order valence-electron chi connectivity index (χ2n) is 3.13. The van der Waals surface area contributed by atoms with Gasteiger partial charge >= 0.3 is 12.1 Å². The highest BCUT2D eigenvalue weighted by Crippen LogP contribution is 2.32. The molecule has 1 aromatic carbocycles. The second kappa shape index (κ2) is 5.07. The van der Waals surface area contributed by atoms with Gasteiger partial charge in [-0.05, 0) is 25.1 Å². The summed E-state index contributed by atoms with van der Waals surface area (Å²) in [6.45, 7) is 1.65. The van der Waals surface area contributed by atoms with Crippen LogP contribution in [0.15, 0.2) is 18.2 Å². The van der Waals surface area contributed by atoms with Crippen LogP contribution in [0.2, 0.25) is 0 Å². The fraction of sp³-hybridized carbons (Fsp3) is 0.364. The Bertz CT molecular complexity index is 413. The lowest BCUT2D eigenvalue weighted by Crippen LogP contribution is -2.11. The first-order chi connectivity index (χ1) is 7.90. The number of carbonyl (C=O) groups excluding carboxylic acids is 1. The highest BCUT2D eigenvalue weighted by Gasteiger charge is 2.32. The molecule has 0 spiro atoms. The molecule has 0 amide bonds. The summed E-state index contributed by atoms with van der Waals surface area (Å²) < 4.78 is 46.8. The number of ether oxygens (including phenoxy) is 2. The topological polar surface area (TPSA) is 35.5 Å². The summed E-state index contributed by atoms with van der Waals surface area (Å²) in [6, 6.07) is 2.66. The number of halogens is 3. The van der Waals surface area contributed by atoms with E-state index in [0.717, 1.165) is 18.2 Å². The number of rotatable bonds is 3. The monoisotopic (exact) mass is 248 g/mol. The van der Waals surface area contributed by atoms with Gasteiger partial charge in [0.2, 0.25) is 0 Å². The van der Waals surface area contributed by atoms with Gasteiger partial charge in [0.1, 0.15) is 11.3 Å². The lowest BCUT2D eigenvalue weighted by Gasteiger charge is -2.11. The number of hydrogen-bond acceptors (Lipinski definition) is 3. The fourth-order valence-corrected chi connectivity index (χ4v) is 1.25. The molecular weight excluding hydrogens is 237 g/mol. The lowest BCUT2D eigenvalue weighted by molar-refractivity contribution is -0.137. The normalized spacial score (nSPS) is 11.1. The predicted octanol–water partition coefficient (Wildman–Crippen LogP) is 2.89. The standard InChI is InChI=1S/C11H11F3O3/c1-3-17-10(15)8-6-7(11(12,13)14)4-5-9(8)16-2/h4-6H,3H2,1-2H3. The minimum atomic E-state index is -4.51. The van der Waals surface area contributed by atoms with Gasteiger partial charge in [-0.15, -0.1) is 0 Å². The van der Waals surface area contributed by atoms with Gasteiger partial charge in [0, 0.05) is 0 Å². The van der Waals surface area contributed by atoms with Crippen LogP contribution in [0.25, 0.3) is 0 Å². The van der Waals surface area contributed by atoms with Crippen molar-refractivity contribution >= 4 is 5.97 Å². The van der Waals surface area contributed by atoms with Gasteiger partial charge in [0.05, 0.1) is 19.3 Å². The second-order valence-corrected chi connectivity index (χ2v) is 3.13.